The number of esters is 1. The van der Waals surface area contributed by atoms with Crippen molar-refractivity contribution in [3.63, 3.8) is 0 Å². The fourth-order valence-corrected chi connectivity index (χ4v) is 8.86. The zero-order valence-electron chi connectivity index (χ0n) is 22.7. The Morgan fingerprint density at radius 1 is 0.971 bits per heavy atom. The summed E-state index contributed by atoms with van der Waals surface area (Å²) in [6.45, 7) is 8.66. The standard InChI is InChI=1S/C31H48O4/c1-5-6-7-8-9-10-11-12-29(34)35-28-20-23(33)19-22-13-14-24-26-16-15-25(21(2)32)30(26,3)18-17-27(24)31(22,28)4/h19,24-28H,5-18,20H2,1-4H3/t24-,25+,26-,27-,28?,30+,31-/m0/s1. The first-order chi connectivity index (χ1) is 16.7. The fourth-order valence-electron chi connectivity index (χ4n) is 8.86. The van der Waals surface area contributed by atoms with Crippen LogP contribution < -0.4 is 0 Å². The molecule has 0 spiro atoms. The van der Waals surface area contributed by atoms with Crippen molar-refractivity contribution in [3.05, 3.63) is 11.6 Å². The van der Waals surface area contributed by atoms with E-state index in [-0.39, 0.29) is 34.6 Å². The first kappa shape index (κ1) is 26.6. The normalized spacial score (nSPS) is 38.2. The summed E-state index contributed by atoms with van der Waals surface area (Å²) in [4.78, 5) is 38.0. The minimum absolute atomic E-state index is 0.109. The summed E-state index contributed by atoms with van der Waals surface area (Å²) < 4.78 is 6.17. The van der Waals surface area contributed by atoms with Crippen molar-refractivity contribution in [3.8, 4) is 0 Å². The van der Waals surface area contributed by atoms with Crippen molar-refractivity contribution in [1.82, 2.24) is 0 Å². The average molecular weight is 485 g/mol. The summed E-state index contributed by atoms with van der Waals surface area (Å²) >= 11 is 0. The van der Waals surface area contributed by atoms with Gasteiger partial charge < -0.3 is 4.74 Å². The summed E-state index contributed by atoms with van der Waals surface area (Å²) in [5, 5.41) is 0. The van der Waals surface area contributed by atoms with Gasteiger partial charge in [0.15, 0.2) is 5.78 Å². The van der Waals surface area contributed by atoms with E-state index in [1.54, 1.807) is 6.92 Å². The summed E-state index contributed by atoms with van der Waals surface area (Å²) in [5.41, 5.74) is 1.08. The van der Waals surface area contributed by atoms with Gasteiger partial charge in [0, 0.05) is 24.2 Å². The number of fused-ring (bicyclic) bond motifs is 5. The molecule has 196 valence electrons. The number of hydrogen-bond donors (Lipinski definition) is 0. The van der Waals surface area contributed by atoms with Crippen LogP contribution in [0.1, 0.15) is 124 Å². The number of hydrogen-bond acceptors (Lipinski definition) is 4. The number of unbranched alkanes of at least 4 members (excludes halogenated alkanes) is 6. The Bertz CT molecular complexity index is 843. The van der Waals surface area contributed by atoms with Crippen LogP contribution in [0.2, 0.25) is 0 Å². The fraction of sp³-hybridized carbons (Fsp3) is 0.839. The molecule has 4 heteroatoms. The van der Waals surface area contributed by atoms with E-state index < -0.39 is 0 Å². The minimum Gasteiger partial charge on any atom is -0.461 e. The summed E-state index contributed by atoms with van der Waals surface area (Å²) in [6, 6.07) is 0. The van der Waals surface area contributed by atoms with Crippen molar-refractivity contribution in [1.29, 1.82) is 0 Å². The zero-order valence-corrected chi connectivity index (χ0v) is 22.7. The molecule has 4 aliphatic carbocycles. The highest BCUT2D eigenvalue weighted by Crippen LogP contribution is 2.67. The highest BCUT2D eigenvalue weighted by Gasteiger charge is 2.62. The number of Topliss-reactive ketones (excluding diaryl/α,β-unsaturated/α-hetero) is 1. The second kappa shape index (κ2) is 10.9. The van der Waals surface area contributed by atoms with Gasteiger partial charge in [0.05, 0.1) is 0 Å². The SMILES string of the molecule is CCCCCCCCCC(=O)OC1CC(=O)C=C2CC[C@H]3[C@@H]4CC[C@H](C(C)=O)[C@@]4(C)CC[C@@H]3[C@]21C. The molecule has 0 aromatic carbocycles. The predicted molar refractivity (Wildman–Crippen MR) is 139 cm³/mol. The van der Waals surface area contributed by atoms with Crippen LogP contribution >= 0.6 is 0 Å². The van der Waals surface area contributed by atoms with Crippen LogP contribution in [0.5, 0.6) is 0 Å². The lowest BCUT2D eigenvalue weighted by atomic mass is 9.46. The Hall–Kier alpha value is -1.45. The molecule has 0 aliphatic heterocycles. The van der Waals surface area contributed by atoms with E-state index in [0.29, 0.717) is 36.4 Å². The van der Waals surface area contributed by atoms with E-state index in [4.69, 9.17) is 4.74 Å². The van der Waals surface area contributed by atoms with Crippen molar-refractivity contribution in [2.75, 3.05) is 0 Å². The maximum absolute atomic E-state index is 12.9. The van der Waals surface area contributed by atoms with Crippen molar-refractivity contribution >= 4 is 17.5 Å². The number of carbonyl (C=O) groups excluding carboxylic acids is 3. The maximum atomic E-state index is 12.9. The van der Waals surface area contributed by atoms with Gasteiger partial charge in [0.25, 0.3) is 0 Å². The molecule has 0 N–H and O–H groups in total. The molecule has 4 rings (SSSR count). The third-order valence-corrected chi connectivity index (χ3v) is 10.8. The van der Waals surface area contributed by atoms with Gasteiger partial charge in [-0.3, -0.25) is 14.4 Å². The van der Waals surface area contributed by atoms with E-state index in [0.717, 1.165) is 51.4 Å². The van der Waals surface area contributed by atoms with E-state index in [2.05, 4.69) is 20.8 Å². The lowest BCUT2D eigenvalue weighted by Gasteiger charge is -2.59. The quantitative estimate of drug-likeness (QED) is 0.240. The first-order valence-electron chi connectivity index (χ1n) is 14.7. The Morgan fingerprint density at radius 3 is 2.40 bits per heavy atom. The van der Waals surface area contributed by atoms with E-state index in [1.807, 2.05) is 6.08 Å². The second-order valence-electron chi connectivity index (χ2n) is 12.7. The molecule has 3 fully saturated rings. The molecule has 4 aliphatic rings. The van der Waals surface area contributed by atoms with Gasteiger partial charge in [-0.2, -0.15) is 0 Å². The molecule has 0 bridgehead atoms. The molecule has 4 nitrogen and oxygen atoms in total. The second-order valence-corrected chi connectivity index (χ2v) is 12.7. The zero-order chi connectivity index (χ0) is 25.2. The Morgan fingerprint density at radius 2 is 1.69 bits per heavy atom. The topological polar surface area (TPSA) is 60.4 Å². The Kier molecular flexibility index (Phi) is 8.28. The number of ether oxygens (including phenoxy) is 1. The molecular weight excluding hydrogens is 436 g/mol. The molecule has 0 amide bonds. The van der Waals surface area contributed by atoms with Gasteiger partial charge in [-0.05, 0) is 81.1 Å². The van der Waals surface area contributed by atoms with E-state index in [9.17, 15) is 14.4 Å². The monoisotopic (exact) mass is 484 g/mol. The molecular formula is C31H48O4. The van der Waals surface area contributed by atoms with Crippen LogP contribution in [-0.4, -0.2) is 23.6 Å². The van der Waals surface area contributed by atoms with E-state index in [1.165, 1.54) is 37.7 Å². The van der Waals surface area contributed by atoms with Gasteiger partial charge in [0.1, 0.15) is 11.9 Å². The van der Waals surface area contributed by atoms with Crippen LogP contribution in [0.25, 0.3) is 0 Å². The van der Waals surface area contributed by atoms with Gasteiger partial charge in [-0.1, -0.05) is 64.9 Å². The third kappa shape index (κ3) is 5.05. The van der Waals surface area contributed by atoms with Crippen LogP contribution in [0.15, 0.2) is 11.6 Å². The lowest BCUT2D eigenvalue weighted by molar-refractivity contribution is -0.166. The van der Waals surface area contributed by atoms with Crippen LogP contribution in [0.4, 0.5) is 0 Å². The first-order valence-corrected chi connectivity index (χ1v) is 14.7. The molecule has 1 unspecified atom stereocenters. The largest absolute Gasteiger partial charge is 0.461 e. The van der Waals surface area contributed by atoms with Crippen molar-refractivity contribution < 1.29 is 19.1 Å². The lowest BCUT2D eigenvalue weighted by Crippen LogP contribution is -2.56. The maximum Gasteiger partial charge on any atom is 0.306 e. The molecule has 0 aromatic heterocycles. The van der Waals surface area contributed by atoms with Crippen molar-refractivity contribution in [2.45, 2.75) is 130 Å². The van der Waals surface area contributed by atoms with Gasteiger partial charge in [-0.25, -0.2) is 0 Å². The highest BCUT2D eigenvalue weighted by molar-refractivity contribution is 5.92. The molecule has 3 saturated carbocycles. The average Bonchev–Trinajstić information content (AvgIpc) is 3.17. The smallest absolute Gasteiger partial charge is 0.306 e. The van der Waals surface area contributed by atoms with E-state index >= 15 is 0 Å². The molecule has 0 saturated heterocycles. The highest BCUT2D eigenvalue weighted by atomic mass is 16.5. The van der Waals surface area contributed by atoms with Crippen LogP contribution in [0.3, 0.4) is 0 Å². The summed E-state index contributed by atoms with van der Waals surface area (Å²) in [6.07, 6.45) is 16.9. The van der Waals surface area contributed by atoms with Gasteiger partial charge in [0.2, 0.25) is 0 Å². The van der Waals surface area contributed by atoms with Gasteiger partial charge in [-0.15, -0.1) is 0 Å². The van der Waals surface area contributed by atoms with Crippen molar-refractivity contribution in [2.24, 2.45) is 34.5 Å². The minimum atomic E-state index is -0.339. The molecule has 7 atom stereocenters. The third-order valence-electron chi connectivity index (χ3n) is 10.8. The number of rotatable bonds is 10. The number of carbonyl (C=O) groups is 3. The Labute approximate surface area is 213 Å². The van der Waals surface area contributed by atoms with Crippen LogP contribution in [0, 0.1) is 34.5 Å². The van der Waals surface area contributed by atoms with Gasteiger partial charge >= 0.3 is 5.97 Å². The summed E-state index contributed by atoms with van der Waals surface area (Å²) in [7, 11) is 0. The Balaban J connectivity index is 1.43. The number of ketones is 2. The molecule has 35 heavy (non-hydrogen) atoms. The molecule has 0 aromatic rings. The summed E-state index contributed by atoms with van der Waals surface area (Å²) in [5.74, 6) is 2.09. The predicted octanol–water partition coefficient (Wildman–Crippen LogP) is 7.39. The van der Waals surface area contributed by atoms with Crippen LogP contribution in [-0.2, 0) is 19.1 Å². The molecule has 0 radical (unpaired) electrons. The molecule has 0 heterocycles.